The first-order valence-electron chi connectivity index (χ1n) is 7.56. The average Bonchev–Trinajstić information content (AvgIpc) is 2.48. The molecule has 0 aliphatic heterocycles. The van der Waals surface area contributed by atoms with Gasteiger partial charge in [-0.1, -0.05) is 48.0 Å². The summed E-state index contributed by atoms with van der Waals surface area (Å²) in [5, 5.41) is 0.889. The lowest BCUT2D eigenvalue weighted by Crippen LogP contribution is -2.35. The summed E-state index contributed by atoms with van der Waals surface area (Å²) in [7, 11) is 4.35. The van der Waals surface area contributed by atoms with Crippen LogP contribution in [-0.4, -0.2) is 25.0 Å². The maximum Gasteiger partial charge on any atom is 0.0438 e. The number of likely N-dealkylation sites (N-methyl/N-ethyl adjacent to an activating group) is 1. The first-order valence-corrected chi connectivity index (χ1v) is 7.94. The van der Waals surface area contributed by atoms with E-state index in [1.807, 2.05) is 0 Å². The van der Waals surface area contributed by atoms with Crippen molar-refractivity contribution in [2.45, 2.75) is 31.7 Å². The van der Waals surface area contributed by atoms with Gasteiger partial charge in [-0.3, -0.25) is 0 Å². The van der Waals surface area contributed by atoms with Gasteiger partial charge < -0.3 is 4.90 Å². The number of halogens is 1. The molecule has 0 saturated heterocycles. The highest BCUT2D eigenvalue weighted by Gasteiger charge is 2.29. The van der Waals surface area contributed by atoms with E-state index >= 15 is 0 Å². The molecule has 0 bridgehead atoms. The van der Waals surface area contributed by atoms with Gasteiger partial charge in [0.05, 0.1) is 0 Å². The summed E-state index contributed by atoms with van der Waals surface area (Å²) in [5.74, 6) is 0.471. The smallest absolute Gasteiger partial charge is 0.0438 e. The van der Waals surface area contributed by atoms with Gasteiger partial charge in [0.25, 0.3) is 0 Å². The third-order valence-corrected chi connectivity index (χ3v) is 5.10. The molecule has 1 aliphatic rings. The molecule has 110 valence electrons. The first-order chi connectivity index (χ1) is 10.1. The van der Waals surface area contributed by atoms with E-state index in [2.05, 4.69) is 68.4 Å². The molecule has 3 rings (SSSR count). The molecule has 2 atom stereocenters. The Balaban J connectivity index is 2.10. The minimum absolute atomic E-state index is 0.471. The molecule has 0 aromatic heterocycles. The van der Waals surface area contributed by atoms with Crippen LogP contribution in [0.5, 0.6) is 0 Å². The number of rotatable bonds is 2. The highest BCUT2D eigenvalue weighted by atomic mass is 35.5. The van der Waals surface area contributed by atoms with Crippen LogP contribution < -0.4 is 0 Å². The molecular weight excluding hydrogens is 278 g/mol. The summed E-state index contributed by atoms with van der Waals surface area (Å²) in [6.07, 6.45) is 2.26. The number of fused-ring (bicyclic) bond motifs is 1. The SMILES string of the molecule is Cc1cc2c(cc1Cl)C[C@@H](N(C)C)C[C@@H]2c1ccccc1. The number of aryl methyl sites for hydroxylation is 1. The third kappa shape index (κ3) is 2.86. The molecule has 1 nitrogen and oxygen atoms in total. The van der Waals surface area contributed by atoms with E-state index in [9.17, 15) is 0 Å². The number of nitrogens with zero attached hydrogens (tertiary/aromatic N) is 1. The Morgan fingerprint density at radius 3 is 2.48 bits per heavy atom. The summed E-state index contributed by atoms with van der Waals surface area (Å²) in [4.78, 5) is 2.34. The van der Waals surface area contributed by atoms with Gasteiger partial charge in [0.1, 0.15) is 0 Å². The lowest BCUT2D eigenvalue weighted by molar-refractivity contribution is 0.258. The average molecular weight is 300 g/mol. The van der Waals surface area contributed by atoms with E-state index in [1.54, 1.807) is 0 Å². The van der Waals surface area contributed by atoms with Crippen molar-refractivity contribution >= 4 is 11.6 Å². The van der Waals surface area contributed by atoms with Crippen molar-refractivity contribution < 1.29 is 0 Å². The molecule has 0 spiro atoms. The molecular formula is C19H22ClN. The van der Waals surface area contributed by atoms with Crippen LogP contribution in [0.25, 0.3) is 0 Å². The minimum atomic E-state index is 0.471. The van der Waals surface area contributed by atoms with Gasteiger partial charge in [-0.2, -0.15) is 0 Å². The van der Waals surface area contributed by atoms with Crippen LogP contribution >= 0.6 is 11.6 Å². The predicted octanol–water partition coefficient (Wildman–Crippen LogP) is 4.66. The second-order valence-corrected chi connectivity index (χ2v) is 6.73. The Morgan fingerprint density at radius 1 is 1.10 bits per heavy atom. The zero-order valence-electron chi connectivity index (χ0n) is 12.9. The normalized spacial score (nSPS) is 21.4. The van der Waals surface area contributed by atoms with Gasteiger partial charge in [-0.15, -0.1) is 0 Å². The van der Waals surface area contributed by atoms with Gasteiger partial charge in [-0.05, 0) is 62.2 Å². The summed E-state index contributed by atoms with van der Waals surface area (Å²) in [6, 6.07) is 15.9. The fourth-order valence-corrected chi connectivity index (χ4v) is 3.56. The largest absolute Gasteiger partial charge is 0.306 e. The van der Waals surface area contributed by atoms with E-state index in [0.717, 1.165) is 11.4 Å². The highest BCUT2D eigenvalue weighted by Crippen LogP contribution is 2.39. The van der Waals surface area contributed by atoms with Gasteiger partial charge in [0.2, 0.25) is 0 Å². The molecule has 0 saturated carbocycles. The topological polar surface area (TPSA) is 3.24 Å². The quantitative estimate of drug-likeness (QED) is 0.780. The second-order valence-electron chi connectivity index (χ2n) is 6.32. The molecule has 21 heavy (non-hydrogen) atoms. The zero-order valence-corrected chi connectivity index (χ0v) is 13.7. The summed E-state index contributed by atoms with van der Waals surface area (Å²) >= 11 is 6.35. The fourth-order valence-electron chi connectivity index (χ4n) is 3.38. The molecule has 1 aliphatic carbocycles. The molecule has 0 radical (unpaired) electrons. The monoisotopic (exact) mass is 299 g/mol. The van der Waals surface area contributed by atoms with Crippen molar-refractivity contribution in [3.8, 4) is 0 Å². The fraction of sp³-hybridized carbons (Fsp3) is 0.368. The Labute approximate surface area is 132 Å². The van der Waals surface area contributed by atoms with Crippen molar-refractivity contribution in [2.75, 3.05) is 14.1 Å². The van der Waals surface area contributed by atoms with E-state index < -0.39 is 0 Å². The first kappa shape index (κ1) is 14.6. The lowest BCUT2D eigenvalue weighted by atomic mass is 9.76. The molecule has 0 N–H and O–H groups in total. The molecule has 0 fully saturated rings. The van der Waals surface area contributed by atoms with Crippen molar-refractivity contribution in [1.29, 1.82) is 0 Å². The molecule has 2 aromatic carbocycles. The number of hydrogen-bond donors (Lipinski definition) is 0. The van der Waals surface area contributed by atoms with Crippen LogP contribution in [0.1, 0.15) is 34.6 Å². The molecule has 0 unspecified atom stereocenters. The van der Waals surface area contributed by atoms with E-state index in [1.165, 1.54) is 28.7 Å². The maximum atomic E-state index is 6.35. The van der Waals surface area contributed by atoms with E-state index in [-0.39, 0.29) is 0 Å². The zero-order chi connectivity index (χ0) is 15.0. The molecule has 0 amide bonds. The lowest BCUT2D eigenvalue weighted by Gasteiger charge is -2.36. The van der Waals surface area contributed by atoms with E-state index in [0.29, 0.717) is 12.0 Å². The van der Waals surface area contributed by atoms with Crippen LogP contribution in [0.15, 0.2) is 42.5 Å². The second kappa shape index (κ2) is 5.82. The summed E-state index contributed by atoms with van der Waals surface area (Å²) < 4.78 is 0. The summed E-state index contributed by atoms with van der Waals surface area (Å²) in [6.45, 7) is 2.10. The van der Waals surface area contributed by atoms with Crippen LogP contribution in [0.3, 0.4) is 0 Å². The Hall–Kier alpha value is -1.31. The van der Waals surface area contributed by atoms with Crippen LogP contribution in [-0.2, 0) is 6.42 Å². The van der Waals surface area contributed by atoms with Crippen LogP contribution in [0.4, 0.5) is 0 Å². The number of benzene rings is 2. The van der Waals surface area contributed by atoms with Crippen molar-refractivity contribution in [3.63, 3.8) is 0 Å². The van der Waals surface area contributed by atoms with Crippen molar-refractivity contribution in [3.05, 3.63) is 69.7 Å². The van der Waals surface area contributed by atoms with E-state index in [4.69, 9.17) is 11.6 Å². The van der Waals surface area contributed by atoms with Crippen LogP contribution in [0.2, 0.25) is 5.02 Å². The molecule has 2 aromatic rings. The maximum absolute atomic E-state index is 6.35. The predicted molar refractivity (Wildman–Crippen MR) is 90.3 cm³/mol. The van der Waals surface area contributed by atoms with Gasteiger partial charge in [0, 0.05) is 17.0 Å². The van der Waals surface area contributed by atoms with Gasteiger partial charge >= 0.3 is 0 Å². The molecule has 0 heterocycles. The highest BCUT2D eigenvalue weighted by molar-refractivity contribution is 6.31. The van der Waals surface area contributed by atoms with Gasteiger partial charge in [-0.25, -0.2) is 0 Å². The Kier molecular flexibility index (Phi) is 4.05. The third-order valence-electron chi connectivity index (χ3n) is 4.69. The molecule has 2 heteroatoms. The number of hydrogen-bond acceptors (Lipinski definition) is 1. The Morgan fingerprint density at radius 2 is 1.81 bits per heavy atom. The van der Waals surface area contributed by atoms with Crippen molar-refractivity contribution in [2.24, 2.45) is 0 Å². The Bertz CT molecular complexity index is 634. The van der Waals surface area contributed by atoms with Crippen LogP contribution in [0, 0.1) is 6.92 Å². The van der Waals surface area contributed by atoms with Crippen molar-refractivity contribution in [1.82, 2.24) is 4.90 Å². The standard InChI is InChI=1S/C19H22ClN/c1-13-9-17-15(11-19(13)20)10-16(21(2)3)12-18(17)14-7-5-4-6-8-14/h4-9,11,16,18H,10,12H2,1-3H3/t16-,18-/m1/s1. The summed E-state index contributed by atoms with van der Waals surface area (Å²) in [5.41, 5.74) is 5.46. The minimum Gasteiger partial charge on any atom is -0.306 e. The van der Waals surface area contributed by atoms with Gasteiger partial charge in [0.15, 0.2) is 0 Å².